The third kappa shape index (κ3) is 6.30. The van der Waals surface area contributed by atoms with Crippen LogP contribution in [0.5, 0.6) is 0 Å². The Morgan fingerprint density at radius 2 is 0.676 bits per heavy atom. The first-order chi connectivity index (χ1) is 15.5. The highest BCUT2D eigenvalue weighted by molar-refractivity contribution is 4.97. The van der Waals surface area contributed by atoms with E-state index < -0.39 is 67.0 Å². The molecular weight excluding hydrogens is 617 g/mol. The van der Waals surface area contributed by atoms with E-state index >= 15 is 0 Å². The van der Waals surface area contributed by atoms with Crippen LogP contribution in [-0.2, 0) is 14.2 Å². The van der Waals surface area contributed by atoms with Gasteiger partial charge in [-0.1, -0.05) is 0 Å². The zero-order chi connectivity index (χ0) is 30.7. The number of alkyl halides is 22. The molecule has 0 aliphatic rings. The summed E-state index contributed by atoms with van der Waals surface area (Å²) in [5.74, 6) is -25.1. The highest BCUT2D eigenvalue weighted by Gasteiger charge is 2.87. The molecule has 0 aromatic rings. The van der Waals surface area contributed by atoms with Crippen molar-refractivity contribution in [3.8, 4) is 0 Å². The molecule has 0 amide bonds. The van der Waals surface area contributed by atoms with Gasteiger partial charge in [0.25, 0.3) is 0 Å². The van der Waals surface area contributed by atoms with Crippen LogP contribution >= 0.6 is 0 Å². The van der Waals surface area contributed by atoms with Crippen molar-refractivity contribution in [1.29, 1.82) is 0 Å². The fourth-order valence-corrected chi connectivity index (χ4v) is 1.45. The Morgan fingerprint density at radius 3 is 0.946 bits per heavy atom. The minimum atomic E-state index is -8.61. The van der Waals surface area contributed by atoms with E-state index in [1.807, 2.05) is 0 Å². The molecule has 2 atom stereocenters. The summed E-state index contributed by atoms with van der Waals surface area (Å²) in [5.41, 5.74) is 0. The summed E-state index contributed by atoms with van der Waals surface area (Å²) < 4.78 is 295. The van der Waals surface area contributed by atoms with Crippen molar-refractivity contribution >= 4 is 0 Å². The smallest absolute Gasteiger partial charge is 0.265 e. The van der Waals surface area contributed by atoms with Crippen molar-refractivity contribution in [3.05, 3.63) is 6.36 Å². The van der Waals surface area contributed by atoms with Crippen molar-refractivity contribution in [3.63, 3.8) is 0 Å². The fourth-order valence-electron chi connectivity index (χ4n) is 1.45. The van der Waals surface area contributed by atoms with Gasteiger partial charge in [0.2, 0.25) is 0 Å². The number of halogens is 23. The minimum absolute atomic E-state index is 1.00. The first kappa shape index (κ1) is 35.3. The van der Waals surface area contributed by atoms with E-state index in [1.54, 1.807) is 0 Å². The first-order valence-corrected chi connectivity index (χ1v) is 7.32. The van der Waals surface area contributed by atoms with Crippen LogP contribution in [0.2, 0.25) is 0 Å². The van der Waals surface area contributed by atoms with E-state index in [9.17, 15) is 101 Å². The predicted octanol–water partition coefficient (Wildman–Crippen LogP) is 7.49. The highest BCUT2D eigenvalue weighted by Crippen LogP contribution is 2.59. The van der Waals surface area contributed by atoms with Crippen LogP contribution < -0.4 is 0 Å². The van der Waals surface area contributed by atoms with Crippen molar-refractivity contribution in [2.24, 2.45) is 0 Å². The van der Waals surface area contributed by atoms with Crippen molar-refractivity contribution in [1.82, 2.24) is 0 Å². The zero-order valence-electron chi connectivity index (χ0n) is 15.4. The van der Waals surface area contributed by atoms with Crippen LogP contribution in [0.3, 0.4) is 0 Å². The third-order valence-corrected chi connectivity index (χ3v) is 3.18. The summed E-state index contributed by atoms with van der Waals surface area (Å²) in [6.45, 7) is 0. The Morgan fingerprint density at radius 1 is 0.378 bits per heavy atom. The molecule has 0 aliphatic carbocycles. The molecule has 37 heavy (non-hydrogen) atoms. The maximum atomic E-state index is 13.8. The van der Waals surface area contributed by atoms with E-state index in [0.717, 1.165) is 9.47 Å². The molecule has 26 heteroatoms. The Labute approximate surface area is 184 Å². The van der Waals surface area contributed by atoms with Gasteiger partial charge in [0.1, 0.15) is 0 Å². The number of hydrogen-bond donors (Lipinski definition) is 0. The van der Waals surface area contributed by atoms with Gasteiger partial charge in [0.05, 0.1) is 0 Å². The molecule has 0 saturated carbocycles. The SMILES string of the molecule is F[C](OC(F)(F)C(F)(OC(F)(F)C(F)(OC(F)(F)C(F)(F)C(F)(F)F)C(F)(F)F)C(F)(F)F)C(F)(F)F. The molecule has 0 aromatic heterocycles. The van der Waals surface area contributed by atoms with Crippen LogP contribution in [0.25, 0.3) is 0 Å². The van der Waals surface area contributed by atoms with Crippen molar-refractivity contribution < 1.29 is 115 Å². The lowest BCUT2D eigenvalue weighted by Crippen LogP contribution is -2.69. The Bertz CT molecular complexity index is 790. The molecule has 0 N–H and O–H groups in total. The molecule has 0 saturated heterocycles. The zero-order valence-corrected chi connectivity index (χ0v) is 15.4. The van der Waals surface area contributed by atoms with Crippen LogP contribution in [0, 0.1) is 6.36 Å². The molecule has 0 heterocycles. The van der Waals surface area contributed by atoms with Gasteiger partial charge < -0.3 is 0 Å². The second-order valence-electron chi connectivity index (χ2n) is 5.89. The van der Waals surface area contributed by atoms with Gasteiger partial charge in [-0.15, -0.1) is 0 Å². The molecule has 1 radical (unpaired) electrons. The standard InChI is InChI=1S/C11F23O3/c12-1(2(13,14)15)35-10(31,32)4(18,7(23,24)25)37-11(33,34)5(19,8(26,27)28)36-9(29,30)3(16,17)6(20,21)22. The molecule has 0 fully saturated rings. The second-order valence-corrected chi connectivity index (χ2v) is 5.89. The summed E-state index contributed by atoms with van der Waals surface area (Å²) in [6.07, 6.45) is -61.1. The lowest BCUT2D eigenvalue weighted by Gasteiger charge is -2.41. The van der Waals surface area contributed by atoms with Gasteiger partial charge in [-0.2, -0.15) is 101 Å². The molecule has 3 nitrogen and oxygen atoms in total. The summed E-state index contributed by atoms with van der Waals surface area (Å²) in [7, 11) is 0. The average molecular weight is 617 g/mol. The number of rotatable bonds is 9. The van der Waals surface area contributed by atoms with Gasteiger partial charge in [-0.3, -0.25) is 14.2 Å². The lowest BCUT2D eigenvalue weighted by atomic mass is 10.2. The van der Waals surface area contributed by atoms with E-state index in [1.165, 1.54) is 4.74 Å². The van der Waals surface area contributed by atoms with Crippen LogP contribution in [0.15, 0.2) is 0 Å². The quantitative estimate of drug-likeness (QED) is 0.251. The summed E-state index contributed by atoms with van der Waals surface area (Å²) >= 11 is 0. The maximum absolute atomic E-state index is 13.8. The Balaban J connectivity index is 6.96. The fraction of sp³-hybridized carbons (Fsp3) is 0.909. The Hall–Kier alpha value is -1.73. The second kappa shape index (κ2) is 9.18. The van der Waals surface area contributed by atoms with Gasteiger partial charge in [0, 0.05) is 0 Å². The van der Waals surface area contributed by atoms with Gasteiger partial charge in [-0.05, 0) is 0 Å². The molecule has 0 aliphatic heterocycles. The van der Waals surface area contributed by atoms with E-state index in [0.29, 0.717) is 0 Å². The molecular formula is C11F23O3. The normalized spacial score (nSPS) is 19.1. The molecule has 2 unspecified atom stereocenters. The third-order valence-electron chi connectivity index (χ3n) is 3.18. The van der Waals surface area contributed by atoms with Gasteiger partial charge in [0.15, 0.2) is 0 Å². The molecule has 0 spiro atoms. The molecule has 223 valence electrons. The molecule has 0 bridgehead atoms. The molecule has 0 aromatic carbocycles. The lowest BCUT2D eigenvalue weighted by molar-refractivity contribution is -0.572. The predicted molar refractivity (Wildman–Crippen MR) is 59.3 cm³/mol. The van der Waals surface area contributed by atoms with Crippen LogP contribution in [0.4, 0.5) is 101 Å². The number of ether oxygens (including phenoxy) is 3. The first-order valence-electron chi connectivity index (χ1n) is 7.32. The Kier molecular flexibility index (Phi) is 8.75. The van der Waals surface area contributed by atoms with Gasteiger partial charge >= 0.3 is 67.0 Å². The van der Waals surface area contributed by atoms with E-state index in [-0.39, 0.29) is 0 Å². The van der Waals surface area contributed by atoms with Crippen LogP contribution in [0.1, 0.15) is 0 Å². The largest absolute Gasteiger partial charge is 0.462 e. The minimum Gasteiger partial charge on any atom is -0.265 e. The topological polar surface area (TPSA) is 27.7 Å². The highest BCUT2D eigenvalue weighted by atomic mass is 19.4. The summed E-state index contributed by atoms with van der Waals surface area (Å²) in [4.78, 5) is 0. The molecule has 0 rings (SSSR count). The van der Waals surface area contributed by atoms with E-state index in [4.69, 9.17) is 0 Å². The summed E-state index contributed by atoms with van der Waals surface area (Å²) in [6, 6.07) is 0. The van der Waals surface area contributed by atoms with Crippen molar-refractivity contribution in [2.75, 3.05) is 0 Å². The monoisotopic (exact) mass is 617 g/mol. The van der Waals surface area contributed by atoms with Crippen LogP contribution in [-0.4, -0.2) is 60.7 Å². The van der Waals surface area contributed by atoms with Gasteiger partial charge in [-0.25, -0.2) is 0 Å². The number of hydrogen-bond acceptors (Lipinski definition) is 3. The van der Waals surface area contributed by atoms with Crippen molar-refractivity contribution in [2.45, 2.75) is 60.7 Å². The van der Waals surface area contributed by atoms with E-state index in [2.05, 4.69) is 0 Å². The maximum Gasteiger partial charge on any atom is 0.462 e. The summed E-state index contributed by atoms with van der Waals surface area (Å²) in [5, 5.41) is 0. The average Bonchev–Trinajstić information content (AvgIpc) is 2.56.